The van der Waals surface area contributed by atoms with Crippen LogP contribution in [0.4, 0.5) is 0 Å². The molecule has 0 aliphatic carbocycles. The van der Waals surface area contributed by atoms with Crippen molar-refractivity contribution < 1.29 is 0 Å². The fourth-order valence-electron chi connectivity index (χ4n) is 22.5. The van der Waals surface area contributed by atoms with E-state index in [4.69, 9.17) is 29.9 Å². The Kier molecular flexibility index (Phi) is 21.6. The number of para-hydroxylation sites is 7. The minimum Gasteiger partial charge on any atom is -0.309 e. The van der Waals surface area contributed by atoms with E-state index in [1.54, 1.807) is 0 Å². The number of aromatic nitrogens is 12. The Hall–Kier alpha value is -20.3. The summed E-state index contributed by atoms with van der Waals surface area (Å²) in [7, 11) is 0. The average molecular weight is 1920 g/mol. The van der Waals surface area contributed by atoms with Crippen LogP contribution < -0.4 is 0 Å². The summed E-state index contributed by atoms with van der Waals surface area (Å²) in [5.41, 5.74) is 35.4. The molecule has 702 valence electrons. The normalized spacial score (nSPS) is 11.6. The zero-order valence-corrected chi connectivity index (χ0v) is 81.3. The van der Waals surface area contributed by atoms with Crippen molar-refractivity contribution in [3.8, 4) is 136 Å². The molecule has 0 radical (unpaired) electrons. The highest BCUT2D eigenvalue weighted by atomic mass is 15.2. The minimum atomic E-state index is 0.640. The molecule has 0 aliphatic rings. The van der Waals surface area contributed by atoms with E-state index in [2.05, 4.69) is 543 Å². The molecule has 0 amide bonds. The maximum Gasteiger partial charge on any atom is 0.235 e. The molecule has 0 saturated heterocycles. The standard InChI is InChI=1S/3C46H30N4/c1-5-15-31(16-6-1)34-25-27-42-38(29-34)36-26-28-43-44(37-23-13-14-24-41(37)49(43)35-21-11-4-12-22-35)45(36)50(42)46-47-39(32-17-7-2-8-18-32)30-40(48-46)33-19-9-3-10-20-33;1-4-15-31(16-5-1)33-19-14-20-34(29-33)40-30-39(32-17-6-2-7-18-32)47-46(48-40)50-41-25-12-10-23-36(41)37-27-28-43-44(45(37)50)38-24-11-13-26-42(38)49(43)35-21-8-3-9-22-35;1-4-15-31(16-5-1)34-21-14-22-35(29-34)49-42-26-13-11-24-38(42)44-43(49)28-27-37-36-23-10-12-25-41(36)50(45(37)44)46-47-39(32-17-6-2-7-18-32)30-40(48-46)33-19-8-3-9-20-33/h3*1-30H. The topological polar surface area (TPSA) is 107 Å². The second-order valence-electron chi connectivity index (χ2n) is 37.9. The van der Waals surface area contributed by atoms with Crippen molar-refractivity contribution >= 4 is 131 Å². The molecule has 0 fully saturated rings. The molecule has 0 N–H and O–H groups in total. The first-order chi connectivity index (χ1) is 74.4. The molecule has 12 nitrogen and oxygen atoms in total. The molecule has 9 heterocycles. The van der Waals surface area contributed by atoms with Gasteiger partial charge in [0, 0.05) is 115 Å². The number of hydrogen-bond donors (Lipinski definition) is 0. The third-order valence-corrected chi connectivity index (χ3v) is 29.2. The van der Waals surface area contributed by atoms with E-state index in [0.29, 0.717) is 17.8 Å². The largest absolute Gasteiger partial charge is 0.309 e. The Balaban J connectivity index is 0.000000108. The first-order valence-electron chi connectivity index (χ1n) is 50.8. The smallest absolute Gasteiger partial charge is 0.235 e. The van der Waals surface area contributed by atoms with Crippen LogP contribution in [0.25, 0.3) is 267 Å². The van der Waals surface area contributed by atoms with Crippen LogP contribution in [-0.2, 0) is 0 Å². The molecular weight excluding hydrogens is 1830 g/mol. The number of hydrogen-bond acceptors (Lipinski definition) is 6. The van der Waals surface area contributed by atoms with E-state index in [1.165, 1.54) is 81.7 Å². The highest BCUT2D eigenvalue weighted by molar-refractivity contribution is 6.29. The Bertz CT molecular complexity index is 10300. The highest BCUT2D eigenvalue weighted by Gasteiger charge is 2.29. The molecule has 21 aromatic carbocycles. The lowest BCUT2D eigenvalue weighted by Gasteiger charge is -2.13. The lowest BCUT2D eigenvalue weighted by Crippen LogP contribution is -2.04. The molecular formula is C138H90N12. The van der Waals surface area contributed by atoms with Crippen LogP contribution in [0.2, 0.25) is 0 Å². The van der Waals surface area contributed by atoms with Gasteiger partial charge in [0.15, 0.2) is 0 Å². The monoisotopic (exact) mass is 1910 g/mol. The van der Waals surface area contributed by atoms with Crippen LogP contribution in [0.3, 0.4) is 0 Å². The average Bonchev–Trinajstić information content (AvgIpc) is 1.55. The summed E-state index contributed by atoms with van der Waals surface area (Å²) in [5, 5.41) is 14.1. The van der Waals surface area contributed by atoms with Crippen molar-refractivity contribution in [1.29, 1.82) is 0 Å². The molecule has 12 heteroatoms. The van der Waals surface area contributed by atoms with E-state index in [9.17, 15) is 0 Å². The third-order valence-electron chi connectivity index (χ3n) is 29.2. The molecule has 0 atom stereocenters. The Labute approximate surface area is 863 Å². The van der Waals surface area contributed by atoms with Crippen molar-refractivity contribution in [2.75, 3.05) is 0 Å². The van der Waals surface area contributed by atoms with Gasteiger partial charge in [-0.05, 0) is 155 Å². The van der Waals surface area contributed by atoms with Gasteiger partial charge in [-0.25, -0.2) is 29.9 Å². The summed E-state index contributed by atoms with van der Waals surface area (Å²) in [6.45, 7) is 0. The van der Waals surface area contributed by atoms with Crippen LogP contribution in [-0.4, -0.2) is 57.3 Å². The molecule has 0 bridgehead atoms. The maximum absolute atomic E-state index is 5.40. The highest BCUT2D eigenvalue weighted by Crippen LogP contribution is 2.49. The second-order valence-corrected chi connectivity index (χ2v) is 37.9. The molecule has 0 unspecified atom stereocenters. The minimum absolute atomic E-state index is 0.640. The van der Waals surface area contributed by atoms with Crippen molar-refractivity contribution in [2.45, 2.75) is 0 Å². The van der Waals surface area contributed by atoms with E-state index < -0.39 is 0 Å². The summed E-state index contributed by atoms with van der Waals surface area (Å²) in [5.74, 6) is 1.93. The Morgan fingerprint density at radius 2 is 0.333 bits per heavy atom. The number of benzene rings is 21. The predicted molar refractivity (Wildman–Crippen MR) is 621 cm³/mol. The van der Waals surface area contributed by atoms with Gasteiger partial charge in [0.05, 0.1) is 100 Å². The van der Waals surface area contributed by atoms with Crippen molar-refractivity contribution in [3.63, 3.8) is 0 Å². The molecule has 150 heavy (non-hydrogen) atoms. The quantitative estimate of drug-likeness (QED) is 0.101. The lowest BCUT2D eigenvalue weighted by molar-refractivity contribution is 0.998. The van der Waals surface area contributed by atoms with Gasteiger partial charge >= 0.3 is 0 Å². The van der Waals surface area contributed by atoms with Gasteiger partial charge in [0.2, 0.25) is 17.8 Å². The van der Waals surface area contributed by atoms with Crippen LogP contribution in [0, 0.1) is 0 Å². The summed E-state index contributed by atoms with van der Waals surface area (Å²) in [4.78, 5) is 32.1. The predicted octanol–water partition coefficient (Wildman–Crippen LogP) is 35.0. The number of fused-ring (bicyclic) bond motifs is 21. The fourth-order valence-corrected chi connectivity index (χ4v) is 22.5. The first kappa shape index (κ1) is 87.5. The van der Waals surface area contributed by atoms with Crippen LogP contribution in [0.5, 0.6) is 0 Å². The van der Waals surface area contributed by atoms with Crippen molar-refractivity contribution in [1.82, 2.24) is 57.3 Å². The van der Waals surface area contributed by atoms with Crippen molar-refractivity contribution in [3.05, 3.63) is 546 Å². The van der Waals surface area contributed by atoms with Gasteiger partial charge < -0.3 is 13.7 Å². The summed E-state index contributed by atoms with van der Waals surface area (Å²) < 4.78 is 14.0. The molecule has 0 saturated carbocycles. The number of rotatable bonds is 15. The molecule has 30 aromatic rings. The van der Waals surface area contributed by atoms with Gasteiger partial charge in [-0.15, -0.1) is 0 Å². The zero-order valence-electron chi connectivity index (χ0n) is 81.3. The van der Waals surface area contributed by atoms with Gasteiger partial charge in [-0.1, -0.05) is 425 Å². The van der Waals surface area contributed by atoms with Gasteiger partial charge in [0.1, 0.15) is 0 Å². The van der Waals surface area contributed by atoms with Gasteiger partial charge in [-0.2, -0.15) is 0 Å². The Morgan fingerprint density at radius 1 is 0.113 bits per heavy atom. The van der Waals surface area contributed by atoms with Crippen LogP contribution >= 0.6 is 0 Å². The summed E-state index contributed by atoms with van der Waals surface area (Å²) in [6, 6.07) is 193. The second kappa shape index (κ2) is 37.1. The van der Waals surface area contributed by atoms with Crippen LogP contribution in [0.1, 0.15) is 0 Å². The van der Waals surface area contributed by atoms with Gasteiger partial charge in [-0.3, -0.25) is 13.7 Å². The third kappa shape index (κ3) is 15.2. The molecule has 9 aromatic heterocycles. The fraction of sp³-hybridized carbons (Fsp3) is 0. The number of nitrogens with zero attached hydrogens (tertiary/aromatic N) is 12. The van der Waals surface area contributed by atoms with E-state index in [1.807, 2.05) is 30.3 Å². The lowest BCUT2D eigenvalue weighted by atomic mass is 10.0. The maximum atomic E-state index is 5.40. The summed E-state index contributed by atoms with van der Waals surface area (Å²) in [6.07, 6.45) is 0. The van der Waals surface area contributed by atoms with E-state index in [-0.39, 0.29) is 0 Å². The zero-order chi connectivity index (χ0) is 99.1. The van der Waals surface area contributed by atoms with E-state index in [0.717, 1.165) is 167 Å². The Morgan fingerprint density at radius 3 is 0.667 bits per heavy atom. The van der Waals surface area contributed by atoms with E-state index >= 15 is 0 Å². The SMILES string of the molecule is c1ccc(-c2ccc3c(c2)c2ccc4c(c5ccccc5n4-c4ccccc4)c2n3-c2nc(-c3ccccc3)cc(-c3ccccc3)n2)cc1.c1ccc(-c2cccc(-c3cc(-c4ccccc4)nc(-n4c5ccccc5c5ccc6c(c7ccccc7n6-c6ccccc6)c54)n3)c2)cc1.c1ccc(-c2cccc(-n3c4ccccc4c4c3ccc3c5ccccc5n(-c5nc(-c6ccccc6)cc(-c6ccccc6)n5)c34)c2)cc1. The van der Waals surface area contributed by atoms with Crippen molar-refractivity contribution in [2.24, 2.45) is 0 Å². The molecule has 30 rings (SSSR count). The summed E-state index contributed by atoms with van der Waals surface area (Å²) >= 11 is 0. The molecule has 0 aliphatic heterocycles. The van der Waals surface area contributed by atoms with Crippen LogP contribution in [0.15, 0.2) is 546 Å². The molecule has 0 spiro atoms. The van der Waals surface area contributed by atoms with Gasteiger partial charge in [0.25, 0.3) is 0 Å². The first-order valence-corrected chi connectivity index (χ1v) is 50.8.